The maximum absolute atomic E-state index is 6.25. The van der Waals surface area contributed by atoms with Crippen LogP contribution in [0.1, 0.15) is 0 Å². The number of hydrogen-bond donors (Lipinski definition) is 0. The van der Waals surface area contributed by atoms with Crippen molar-refractivity contribution >= 4 is 69.2 Å². The average molecular weight is 872 g/mol. The molecule has 0 aliphatic rings. The molecule has 2 nitrogen and oxygen atoms in total. The molecule has 8 aromatic carbocycles. The molecule has 0 bridgehead atoms. The van der Waals surface area contributed by atoms with Crippen molar-refractivity contribution in [2.24, 2.45) is 0 Å². The molecule has 0 atom stereocenters. The molecule has 0 saturated carbocycles. The first-order chi connectivity index (χ1) is 24.9. The van der Waals surface area contributed by atoms with Gasteiger partial charge in [-0.3, -0.25) is 0 Å². The molecular weight excluding hydrogens is 838 g/mol. The minimum absolute atomic E-state index is 0. The van der Waals surface area contributed by atoms with Crippen LogP contribution < -0.4 is 31.8 Å². The van der Waals surface area contributed by atoms with Crippen LogP contribution in [0, 0.1) is 23.7 Å². The third kappa shape index (κ3) is 7.77. The van der Waals surface area contributed by atoms with Gasteiger partial charge in [0, 0.05) is 11.1 Å². The third-order valence-corrected chi connectivity index (χ3v) is 14.4. The van der Waals surface area contributed by atoms with E-state index in [2.05, 4.69) is 194 Å². The van der Waals surface area contributed by atoms with E-state index in [1.54, 1.807) is 0 Å². The van der Waals surface area contributed by atoms with Crippen LogP contribution in [-0.2, 0) is 21.1 Å². The molecule has 0 heterocycles. The van der Waals surface area contributed by atoms with Gasteiger partial charge in [-0.25, -0.2) is 0 Å². The molecule has 0 aliphatic heterocycles. The fourth-order valence-electron chi connectivity index (χ4n) is 6.87. The van der Waals surface area contributed by atoms with Crippen molar-refractivity contribution in [3.63, 3.8) is 0 Å². The standard InChI is InChI=1S/C44H32P2.2CN.Pt/c1-5-19-35(20-6-1)45(36-21-7-2-8-22-36)41-31-29-33-17-13-15-27-39(33)43(41)44-40-28-16-14-18-34(40)30-32-42(44)46(37-23-9-3-10-24-37)38-25-11-4-12-26-38;2*1-2;/h1-32H;;;/q;2*-1;+2/p+2. The van der Waals surface area contributed by atoms with E-state index in [1.165, 1.54) is 64.5 Å². The van der Waals surface area contributed by atoms with Gasteiger partial charge in [0.2, 0.25) is 0 Å². The molecule has 8 aromatic rings. The van der Waals surface area contributed by atoms with Crippen molar-refractivity contribution in [1.82, 2.24) is 0 Å². The van der Waals surface area contributed by atoms with Crippen LogP contribution in [0.15, 0.2) is 194 Å². The third-order valence-electron chi connectivity index (χ3n) is 8.90. The van der Waals surface area contributed by atoms with Crippen molar-refractivity contribution in [2.45, 2.75) is 0 Å². The molecule has 0 spiro atoms. The van der Waals surface area contributed by atoms with Crippen molar-refractivity contribution < 1.29 is 21.1 Å². The van der Waals surface area contributed by atoms with Gasteiger partial charge in [0.1, 0.15) is 31.8 Å². The Morgan fingerprint density at radius 2 is 0.549 bits per heavy atom. The zero-order valence-electron chi connectivity index (χ0n) is 27.7. The fourth-order valence-corrected chi connectivity index (χ4v) is 12.4. The Balaban J connectivity index is 0.000000975. The maximum atomic E-state index is 6.25. The summed E-state index contributed by atoms with van der Waals surface area (Å²) < 4.78 is 0. The van der Waals surface area contributed by atoms with Gasteiger partial charge in [-0.15, -0.1) is 0 Å². The molecule has 8 rings (SSSR count). The predicted molar refractivity (Wildman–Crippen MR) is 217 cm³/mol. The predicted octanol–water partition coefficient (Wildman–Crippen LogP) is 8.83. The van der Waals surface area contributed by atoms with Gasteiger partial charge in [0.25, 0.3) is 0 Å². The van der Waals surface area contributed by atoms with E-state index in [-0.39, 0.29) is 21.1 Å². The monoisotopic (exact) mass is 871 g/mol. The Bertz CT molecular complexity index is 2110. The summed E-state index contributed by atoms with van der Waals surface area (Å²) >= 11 is 0. The molecule has 5 heteroatoms. The topological polar surface area (TPSA) is 47.6 Å². The second-order valence-corrected chi connectivity index (χ2v) is 16.5. The van der Waals surface area contributed by atoms with Gasteiger partial charge in [-0.2, -0.15) is 0 Å². The van der Waals surface area contributed by atoms with E-state index >= 15 is 0 Å². The Labute approximate surface area is 317 Å². The molecule has 51 heavy (non-hydrogen) atoms. The summed E-state index contributed by atoms with van der Waals surface area (Å²) in [7, 11) is -2.74. The van der Waals surface area contributed by atoms with E-state index < -0.39 is 15.8 Å². The van der Waals surface area contributed by atoms with Crippen molar-refractivity contribution in [3.05, 3.63) is 207 Å². The molecule has 0 aliphatic carbocycles. The minimum Gasteiger partial charge on any atom is -0.512 e. The van der Waals surface area contributed by atoms with Crippen LogP contribution in [0.2, 0.25) is 0 Å². The first-order valence-electron chi connectivity index (χ1n) is 16.3. The van der Waals surface area contributed by atoms with Gasteiger partial charge < -0.3 is 23.7 Å². The number of benzene rings is 8. The zero-order valence-corrected chi connectivity index (χ0v) is 32.0. The maximum Gasteiger partial charge on any atom is 2.00 e. The van der Waals surface area contributed by atoms with Gasteiger partial charge >= 0.3 is 21.1 Å². The number of nitrogens with zero attached hydrogens (tertiary/aromatic N) is 2. The number of rotatable bonds is 7. The quantitative estimate of drug-likeness (QED) is 0.119. The summed E-state index contributed by atoms with van der Waals surface area (Å²) in [5, 5.41) is 26.1. The van der Waals surface area contributed by atoms with Crippen LogP contribution in [0.25, 0.3) is 32.7 Å². The van der Waals surface area contributed by atoms with Gasteiger partial charge in [0.15, 0.2) is 0 Å². The van der Waals surface area contributed by atoms with E-state index in [1.807, 2.05) is 0 Å². The molecular formula is C46H34N2P2Pt+2. The summed E-state index contributed by atoms with van der Waals surface area (Å²) in [5.74, 6) is 0. The molecule has 0 N–H and O–H groups in total. The zero-order chi connectivity index (χ0) is 34.7. The number of fused-ring (bicyclic) bond motifs is 2. The normalized spacial score (nSPS) is 10.4. The Morgan fingerprint density at radius 1 is 0.294 bits per heavy atom. The van der Waals surface area contributed by atoms with E-state index in [0.29, 0.717) is 0 Å². The van der Waals surface area contributed by atoms with Gasteiger partial charge in [0.05, 0.1) is 15.8 Å². The van der Waals surface area contributed by atoms with E-state index in [9.17, 15) is 0 Å². The van der Waals surface area contributed by atoms with Crippen molar-refractivity contribution in [2.75, 3.05) is 0 Å². The van der Waals surface area contributed by atoms with E-state index in [0.717, 1.165) is 0 Å². The largest absolute Gasteiger partial charge is 2.00 e. The van der Waals surface area contributed by atoms with Crippen molar-refractivity contribution in [3.8, 4) is 11.1 Å². The van der Waals surface area contributed by atoms with Crippen LogP contribution >= 0.6 is 15.8 Å². The van der Waals surface area contributed by atoms with Crippen LogP contribution in [0.5, 0.6) is 0 Å². The average Bonchev–Trinajstić information content (AvgIpc) is 3.21. The van der Waals surface area contributed by atoms with Gasteiger partial charge in [-0.05, 0) is 82.2 Å². The summed E-state index contributed by atoms with van der Waals surface area (Å²) in [4.78, 5) is 0. The van der Waals surface area contributed by atoms with Crippen LogP contribution in [0.3, 0.4) is 0 Å². The minimum atomic E-state index is -1.37. The Morgan fingerprint density at radius 3 is 0.843 bits per heavy atom. The van der Waals surface area contributed by atoms with Crippen molar-refractivity contribution in [1.29, 1.82) is 10.5 Å². The molecule has 0 aromatic heterocycles. The Hall–Kier alpha value is -5.19. The molecule has 0 radical (unpaired) electrons. The summed E-state index contributed by atoms with van der Waals surface area (Å²) in [5.41, 5.74) is 2.75. The Kier molecular flexibility index (Phi) is 13.2. The van der Waals surface area contributed by atoms with Crippen LogP contribution in [-0.4, -0.2) is 0 Å². The number of hydrogen-bond acceptors (Lipinski definition) is 2. The molecule has 0 fully saturated rings. The van der Waals surface area contributed by atoms with Gasteiger partial charge in [-0.1, -0.05) is 133 Å². The van der Waals surface area contributed by atoms with E-state index in [4.69, 9.17) is 23.7 Å². The summed E-state index contributed by atoms with van der Waals surface area (Å²) in [6, 6.07) is 72.2. The first-order valence-corrected chi connectivity index (χ1v) is 19.3. The summed E-state index contributed by atoms with van der Waals surface area (Å²) in [6.07, 6.45) is 0. The molecule has 0 saturated heterocycles. The fraction of sp³-hybridized carbons (Fsp3) is 0. The first kappa shape index (κ1) is 37.1. The van der Waals surface area contributed by atoms with Crippen LogP contribution in [0.4, 0.5) is 0 Å². The molecule has 246 valence electrons. The second-order valence-electron chi connectivity index (χ2n) is 11.6. The summed E-state index contributed by atoms with van der Waals surface area (Å²) in [6.45, 7) is 9.50. The molecule has 0 amide bonds. The second kappa shape index (κ2) is 18.2. The smallest absolute Gasteiger partial charge is 0.512 e. The molecule has 0 unspecified atom stereocenters. The SMILES string of the molecule is [C-]#N.[C-]#N.[Pt+2].c1ccc([PH+](c2ccccc2)c2ccc3ccccc3c2-c2c([PH+](c3ccccc3)c3ccccc3)ccc3ccccc23)cc1.